The van der Waals surface area contributed by atoms with Crippen LogP contribution in [0.5, 0.6) is 0 Å². The molecular formula is C13H22N2O3. The Balaban J connectivity index is 2.54. The first-order valence-electron chi connectivity index (χ1n) is 6.36. The highest BCUT2D eigenvalue weighted by molar-refractivity contribution is 6.27. The van der Waals surface area contributed by atoms with E-state index in [0.717, 1.165) is 19.1 Å². The Morgan fingerprint density at radius 3 is 2.50 bits per heavy atom. The zero-order chi connectivity index (χ0) is 13.8. The number of hydrogen-bond donors (Lipinski definition) is 1. The van der Waals surface area contributed by atoms with E-state index in [2.05, 4.69) is 0 Å². The molecule has 0 bridgehead atoms. The number of amides is 1. The number of hydrogen-bond acceptors (Lipinski definition) is 4. The molecular weight excluding hydrogens is 232 g/mol. The molecule has 0 aromatic carbocycles. The summed E-state index contributed by atoms with van der Waals surface area (Å²) in [5, 5.41) is 6.99. The third-order valence-electron chi connectivity index (χ3n) is 2.92. The molecule has 0 spiro atoms. The molecule has 1 amide bonds. The molecule has 0 radical (unpaired) electrons. The molecule has 1 atom stereocenters. The Labute approximate surface area is 108 Å². The normalized spacial score (nSPS) is 21.1. The van der Waals surface area contributed by atoms with Crippen LogP contribution >= 0.6 is 0 Å². The Hall–Kier alpha value is -1.39. The van der Waals surface area contributed by atoms with Gasteiger partial charge in [0, 0.05) is 19.0 Å². The zero-order valence-corrected chi connectivity index (χ0v) is 11.4. The van der Waals surface area contributed by atoms with Crippen LogP contribution in [-0.4, -0.2) is 41.7 Å². The molecule has 1 unspecified atom stereocenters. The average molecular weight is 254 g/mol. The van der Waals surface area contributed by atoms with Crippen molar-refractivity contribution in [3.05, 3.63) is 0 Å². The lowest BCUT2D eigenvalue weighted by Gasteiger charge is -2.26. The lowest BCUT2D eigenvalue weighted by Crippen LogP contribution is -2.37. The Morgan fingerprint density at radius 1 is 1.28 bits per heavy atom. The van der Waals surface area contributed by atoms with Gasteiger partial charge in [0.1, 0.15) is 5.60 Å². The molecule has 0 aliphatic carbocycles. The summed E-state index contributed by atoms with van der Waals surface area (Å²) in [6, 6.07) is 0. The molecule has 5 heteroatoms. The number of Topliss-reactive ketones (excluding diaryl/α,β-unsaturated/α-hetero) is 1. The average Bonchev–Trinajstić information content (AvgIpc) is 2.51. The molecule has 1 saturated heterocycles. The summed E-state index contributed by atoms with van der Waals surface area (Å²) in [5.41, 5.74) is -0.492. The quantitative estimate of drug-likeness (QED) is 0.768. The van der Waals surface area contributed by atoms with Crippen molar-refractivity contribution < 1.29 is 14.3 Å². The molecule has 0 saturated carbocycles. The summed E-state index contributed by atoms with van der Waals surface area (Å²) in [6.07, 6.45) is 2.71. The van der Waals surface area contributed by atoms with Crippen LogP contribution in [0.4, 0.5) is 4.79 Å². The number of nitrogens with one attached hydrogen (secondary N) is 1. The van der Waals surface area contributed by atoms with Crippen LogP contribution in [0.1, 0.15) is 40.0 Å². The number of likely N-dealkylation sites (tertiary alicyclic amines) is 1. The van der Waals surface area contributed by atoms with E-state index >= 15 is 0 Å². The van der Waals surface area contributed by atoms with Gasteiger partial charge in [-0.3, -0.25) is 4.79 Å². The van der Waals surface area contributed by atoms with Gasteiger partial charge in [-0.1, -0.05) is 0 Å². The monoisotopic (exact) mass is 254 g/mol. The maximum absolute atomic E-state index is 11.9. The highest BCUT2D eigenvalue weighted by Crippen LogP contribution is 2.19. The standard InChI is InChI=1S/C13H22N2O3/c1-13(2,3)18-12(17)15-7-4-5-10(6-8-15)11(16)9-14/h9-10,14H,4-8H2,1-3H3. The van der Waals surface area contributed by atoms with Crippen LogP contribution in [0.15, 0.2) is 0 Å². The van der Waals surface area contributed by atoms with Crippen molar-refractivity contribution in [3.8, 4) is 0 Å². The fraction of sp³-hybridized carbons (Fsp3) is 0.769. The highest BCUT2D eigenvalue weighted by atomic mass is 16.6. The van der Waals surface area contributed by atoms with E-state index < -0.39 is 5.60 Å². The lowest BCUT2D eigenvalue weighted by atomic mass is 9.96. The van der Waals surface area contributed by atoms with Crippen LogP contribution in [-0.2, 0) is 9.53 Å². The van der Waals surface area contributed by atoms with E-state index in [1.165, 1.54) is 0 Å². The number of nitrogens with zero attached hydrogens (tertiary/aromatic N) is 1. The summed E-state index contributed by atoms with van der Waals surface area (Å²) in [6.45, 7) is 6.66. The van der Waals surface area contributed by atoms with E-state index in [4.69, 9.17) is 10.1 Å². The molecule has 1 aliphatic heterocycles. The van der Waals surface area contributed by atoms with Crippen molar-refractivity contribution in [3.63, 3.8) is 0 Å². The van der Waals surface area contributed by atoms with Gasteiger partial charge in [-0.2, -0.15) is 0 Å². The number of ketones is 1. The third kappa shape index (κ3) is 4.47. The van der Waals surface area contributed by atoms with Crippen LogP contribution in [0, 0.1) is 11.3 Å². The topological polar surface area (TPSA) is 70.5 Å². The Bertz CT molecular complexity index is 334. The molecule has 1 aliphatic rings. The van der Waals surface area contributed by atoms with Crippen LogP contribution in [0.25, 0.3) is 0 Å². The molecule has 1 rings (SSSR count). The summed E-state index contributed by atoms with van der Waals surface area (Å²) >= 11 is 0. The van der Waals surface area contributed by atoms with Gasteiger partial charge < -0.3 is 15.0 Å². The molecule has 1 fully saturated rings. The van der Waals surface area contributed by atoms with Crippen molar-refractivity contribution >= 4 is 18.1 Å². The van der Waals surface area contributed by atoms with E-state index in [-0.39, 0.29) is 17.8 Å². The highest BCUT2D eigenvalue weighted by Gasteiger charge is 2.26. The SMILES string of the molecule is CC(C)(C)OC(=O)N1CCCC(C(=O)C=N)CC1. The molecule has 1 N–H and O–H groups in total. The van der Waals surface area contributed by atoms with Gasteiger partial charge in [-0.25, -0.2) is 4.79 Å². The first-order chi connectivity index (χ1) is 8.33. The van der Waals surface area contributed by atoms with Crippen molar-refractivity contribution in [2.45, 2.75) is 45.6 Å². The fourth-order valence-electron chi connectivity index (χ4n) is 2.01. The maximum Gasteiger partial charge on any atom is 0.410 e. The van der Waals surface area contributed by atoms with Crippen molar-refractivity contribution in [1.82, 2.24) is 4.90 Å². The second kappa shape index (κ2) is 5.98. The van der Waals surface area contributed by atoms with Crippen molar-refractivity contribution in [2.24, 2.45) is 5.92 Å². The predicted molar refractivity (Wildman–Crippen MR) is 68.9 cm³/mol. The second-order valence-corrected chi connectivity index (χ2v) is 5.64. The summed E-state index contributed by atoms with van der Waals surface area (Å²) in [5.74, 6) is -0.254. The van der Waals surface area contributed by atoms with Gasteiger partial charge >= 0.3 is 6.09 Å². The van der Waals surface area contributed by atoms with E-state index in [0.29, 0.717) is 19.5 Å². The van der Waals surface area contributed by atoms with E-state index in [1.807, 2.05) is 20.8 Å². The Kier molecular flexibility index (Phi) is 4.87. The van der Waals surface area contributed by atoms with Crippen LogP contribution < -0.4 is 0 Å². The summed E-state index contributed by atoms with van der Waals surface area (Å²) < 4.78 is 5.31. The minimum atomic E-state index is -0.492. The molecule has 0 aromatic rings. The van der Waals surface area contributed by atoms with Gasteiger partial charge in [0.25, 0.3) is 0 Å². The van der Waals surface area contributed by atoms with Gasteiger partial charge in [-0.15, -0.1) is 0 Å². The smallest absolute Gasteiger partial charge is 0.410 e. The van der Waals surface area contributed by atoms with Gasteiger partial charge in [0.15, 0.2) is 5.78 Å². The second-order valence-electron chi connectivity index (χ2n) is 5.64. The third-order valence-corrected chi connectivity index (χ3v) is 2.92. The fourth-order valence-corrected chi connectivity index (χ4v) is 2.01. The zero-order valence-electron chi connectivity index (χ0n) is 11.4. The van der Waals surface area contributed by atoms with Crippen LogP contribution in [0.3, 0.4) is 0 Å². The molecule has 5 nitrogen and oxygen atoms in total. The largest absolute Gasteiger partial charge is 0.444 e. The Morgan fingerprint density at radius 2 is 1.94 bits per heavy atom. The molecule has 18 heavy (non-hydrogen) atoms. The number of carbonyl (C=O) groups is 2. The predicted octanol–water partition coefficient (Wildman–Crippen LogP) is 2.24. The van der Waals surface area contributed by atoms with Crippen molar-refractivity contribution in [1.29, 1.82) is 5.41 Å². The van der Waals surface area contributed by atoms with E-state index in [1.54, 1.807) is 4.90 Å². The number of carbonyl (C=O) groups excluding carboxylic acids is 2. The minimum absolute atomic E-state index is 0.116. The summed E-state index contributed by atoms with van der Waals surface area (Å²) in [4.78, 5) is 25.0. The lowest BCUT2D eigenvalue weighted by molar-refractivity contribution is -0.116. The number of rotatable bonds is 2. The van der Waals surface area contributed by atoms with Crippen LogP contribution in [0.2, 0.25) is 0 Å². The van der Waals surface area contributed by atoms with Gasteiger partial charge in [-0.05, 0) is 40.0 Å². The summed E-state index contributed by atoms with van der Waals surface area (Å²) in [7, 11) is 0. The van der Waals surface area contributed by atoms with Crippen molar-refractivity contribution in [2.75, 3.05) is 13.1 Å². The van der Waals surface area contributed by atoms with Gasteiger partial charge in [0.05, 0.1) is 6.21 Å². The number of ether oxygens (including phenoxy) is 1. The van der Waals surface area contributed by atoms with Gasteiger partial charge in [0.2, 0.25) is 0 Å². The molecule has 102 valence electrons. The first kappa shape index (κ1) is 14.7. The molecule has 1 heterocycles. The maximum atomic E-state index is 11.9. The molecule has 0 aromatic heterocycles. The minimum Gasteiger partial charge on any atom is -0.444 e. The first-order valence-corrected chi connectivity index (χ1v) is 6.36. The van der Waals surface area contributed by atoms with E-state index in [9.17, 15) is 9.59 Å².